The Balaban J connectivity index is 2.57. The van der Waals surface area contributed by atoms with Crippen LogP contribution < -0.4 is 15.4 Å². The Morgan fingerprint density at radius 3 is 2.42 bits per heavy atom. The van der Waals surface area contributed by atoms with E-state index in [0.29, 0.717) is 25.0 Å². The van der Waals surface area contributed by atoms with Crippen LogP contribution in [-0.2, 0) is 11.3 Å². The maximum atomic E-state index is 11.6. The van der Waals surface area contributed by atoms with Crippen LogP contribution in [0.5, 0.6) is 5.75 Å². The van der Waals surface area contributed by atoms with Gasteiger partial charge in [-0.2, -0.15) is 0 Å². The largest absolute Gasteiger partial charge is 0.493 e. The Labute approximate surface area is 145 Å². The second kappa shape index (κ2) is 10.5. The predicted octanol–water partition coefficient (Wildman–Crippen LogP) is 1.86. The van der Waals surface area contributed by atoms with E-state index in [4.69, 9.17) is 4.74 Å². The summed E-state index contributed by atoms with van der Waals surface area (Å²) in [5, 5.41) is 6.17. The number of amides is 1. The Bertz CT molecular complexity index is 524. The molecule has 1 amide bonds. The van der Waals surface area contributed by atoms with Gasteiger partial charge in [-0.1, -0.05) is 26.0 Å². The average Bonchev–Trinajstić information content (AvgIpc) is 2.56. The van der Waals surface area contributed by atoms with Crippen molar-refractivity contribution in [3.63, 3.8) is 0 Å². The van der Waals surface area contributed by atoms with Crippen molar-refractivity contribution in [2.24, 2.45) is 10.9 Å². The minimum Gasteiger partial charge on any atom is -0.493 e. The first-order valence-corrected chi connectivity index (χ1v) is 8.36. The van der Waals surface area contributed by atoms with Crippen molar-refractivity contribution in [3.05, 3.63) is 29.8 Å². The third-order valence-corrected chi connectivity index (χ3v) is 3.18. The first-order valence-electron chi connectivity index (χ1n) is 8.36. The highest BCUT2D eigenvalue weighted by Gasteiger charge is 2.05. The number of guanidine groups is 1. The number of nitrogens with one attached hydrogen (secondary N) is 2. The number of rotatable bonds is 8. The lowest BCUT2D eigenvalue weighted by Crippen LogP contribution is -2.42. The zero-order valence-corrected chi connectivity index (χ0v) is 15.4. The molecule has 0 atom stereocenters. The maximum absolute atomic E-state index is 11.6. The fraction of sp³-hybridized carbons (Fsp3) is 0.556. The van der Waals surface area contributed by atoms with Crippen LogP contribution in [-0.4, -0.2) is 50.6 Å². The smallest absolute Gasteiger partial charge is 0.241 e. The molecule has 2 N–H and O–H groups in total. The third-order valence-electron chi connectivity index (χ3n) is 3.18. The number of carbonyl (C=O) groups is 1. The molecule has 0 saturated carbocycles. The molecular weight excluding hydrogens is 304 g/mol. The van der Waals surface area contributed by atoms with Gasteiger partial charge in [-0.05, 0) is 30.5 Å². The summed E-state index contributed by atoms with van der Waals surface area (Å²) >= 11 is 0. The van der Waals surface area contributed by atoms with Crippen molar-refractivity contribution in [1.29, 1.82) is 0 Å². The molecule has 1 aromatic carbocycles. The number of benzene rings is 1. The van der Waals surface area contributed by atoms with Crippen molar-refractivity contribution in [2.75, 3.05) is 33.8 Å². The number of nitrogens with zero attached hydrogens (tertiary/aromatic N) is 2. The molecule has 0 aromatic heterocycles. The summed E-state index contributed by atoms with van der Waals surface area (Å²) in [6.07, 6.45) is 0. The quantitative estimate of drug-likeness (QED) is 0.563. The van der Waals surface area contributed by atoms with Gasteiger partial charge in [-0.25, -0.2) is 4.99 Å². The van der Waals surface area contributed by atoms with Crippen LogP contribution >= 0.6 is 0 Å². The summed E-state index contributed by atoms with van der Waals surface area (Å²) < 4.78 is 5.67. The first-order chi connectivity index (χ1) is 11.4. The number of hydrogen-bond donors (Lipinski definition) is 2. The lowest BCUT2D eigenvalue weighted by Gasteiger charge is -2.14. The maximum Gasteiger partial charge on any atom is 0.241 e. The summed E-state index contributed by atoms with van der Waals surface area (Å²) in [4.78, 5) is 17.7. The molecule has 0 spiro atoms. The molecule has 6 heteroatoms. The summed E-state index contributed by atoms with van der Waals surface area (Å²) in [6.45, 7) is 8.46. The van der Waals surface area contributed by atoms with Gasteiger partial charge in [0.1, 0.15) is 5.75 Å². The Hall–Kier alpha value is -2.24. The minimum atomic E-state index is 0.00672. The highest BCUT2D eigenvalue weighted by molar-refractivity contribution is 5.86. The number of ether oxygens (including phenoxy) is 1. The van der Waals surface area contributed by atoms with Gasteiger partial charge >= 0.3 is 0 Å². The van der Waals surface area contributed by atoms with E-state index in [-0.39, 0.29) is 12.5 Å². The molecule has 1 aromatic rings. The van der Waals surface area contributed by atoms with E-state index < -0.39 is 0 Å². The molecule has 0 saturated heterocycles. The summed E-state index contributed by atoms with van der Waals surface area (Å²) in [7, 11) is 3.47. The monoisotopic (exact) mass is 334 g/mol. The second-order valence-corrected chi connectivity index (χ2v) is 6.19. The molecule has 0 bridgehead atoms. The van der Waals surface area contributed by atoms with Gasteiger partial charge in [0, 0.05) is 20.6 Å². The van der Waals surface area contributed by atoms with Crippen molar-refractivity contribution in [3.8, 4) is 5.75 Å². The van der Waals surface area contributed by atoms with Crippen molar-refractivity contribution >= 4 is 11.9 Å². The average molecular weight is 334 g/mol. The van der Waals surface area contributed by atoms with Crippen LogP contribution in [0.25, 0.3) is 0 Å². The first kappa shape index (κ1) is 19.8. The molecule has 0 fully saturated rings. The third kappa shape index (κ3) is 7.85. The summed E-state index contributed by atoms with van der Waals surface area (Å²) in [5.74, 6) is 2.02. The van der Waals surface area contributed by atoms with Crippen LogP contribution in [0.2, 0.25) is 0 Å². The van der Waals surface area contributed by atoms with Crippen LogP contribution in [0.1, 0.15) is 26.3 Å². The van der Waals surface area contributed by atoms with Crippen molar-refractivity contribution in [1.82, 2.24) is 15.5 Å². The molecular formula is C18H30N4O2. The van der Waals surface area contributed by atoms with Crippen LogP contribution in [0, 0.1) is 5.92 Å². The number of likely N-dealkylation sites (N-methyl/N-ethyl adjacent to an activating group) is 1. The fourth-order valence-electron chi connectivity index (χ4n) is 1.78. The molecule has 1 rings (SSSR count). The minimum absolute atomic E-state index is 0.00672. The SMILES string of the molecule is CCNC(=NCc1ccc(OCC(C)C)cc1)NCC(=O)N(C)C. The molecule has 134 valence electrons. The van der Waals surface area contributed by atoms with Gasteiger partial charge in [-0.15, -0.1) is 0 Å². The molecule has 0 aliphatic carbocycles. The van der Waals surface area contributed by atoms with Gasteiger partial charge in [0.25, 0.3) is 0 Å². The number of hydrogen-bond acceptors (Lipinski definition) is 3. The van der Waals surface area contributed by atoms with E-state index >= 15 is 0 Å². The van der Waals surface area contributed by atoms with E-state index in [9.17, 15) is 4.79 Å². The molecule has 0 aliphatic rings. The van der Waals surface area contributed by atoms with Gasteiger partial charge in [0.15, 0.2) is 5.96 Å². The molecule has 0 heterocycles. The van der Waals surface area contributed by atoms with E-state index in [1.54, 1.807) is 19.0 Å². The van der Waals surface area contributed by atoms with Crippen LogP contribution in [0.4, 0.5) is 0 Å². The lowest BCUT2D eigenvalue weighted by atomic mass is 10.2. The number of aliphatic imine (C=N–C) groups is 1. The van der Waals surface area contributed by atoms with Gasteiger partial charge in [0.05, 0.1) is 19.7 Å². The normalized spacial score (nSPS) is 11.3. The topological polar surface area (TPSA) is 66.0 Å². The van der Waals surface area contributed by atoms with Crippen LogP contribution in [0.3, 0.4) is 0 Å². The van der Waals surface area contributed by atoms with Crippen LogP contribution in [0.15, 0.2) is 29.3 Å². The van der Waals surface area contributed by atoms with Gasteiger partial charge < -0.3 is 20.3 Å². The second-order valence-electron chi connectivity index (χ2n) is 6.19. The molecule has 0 radical (unpaired) electrons. The standard InChI is InChI=1S/C18H30N4O2/c1-6-19-18(21-12-17(23)22(4)5)20-11-15-7-9-16(10-8-15)24-13-14(2)3/h7-10,14H,6,11-13H2,1-5H3,(H2,19,20,21). The predicted molar refractivity (Wildman–Crippen MR) is 98.3 cm³/mol. The zero-order chi connectivity index (χ0) is 17.9. The number of carbonyl (C=O) groups excluding carboxylic acids is 1. The molecule has 0 aliphatic heterocycles. The Morgan fingerprint density at radius 1 is 1.21 bits per heavy atom. The zero-order valence-electron chi connectivity index (χ0n) is 15.4. The van der Waals surface area contributed by atoms with Crippen molar-refractivity contribution < 1.29 is 9.53 Å². The highest BCUT2D eigenvalue weighted by atomic mass is 16.5. The van der Waals surface area contributed by atoms with E-state index in [2.05, 4.69) is 29.5 Å². The molecule has 6 nitrogen and oxygen atoms in total. The summed E-state index contributed by atoms with van der Waals surface area (Å²) in [6, 6.07) is 7.94. The molecule has 24 heavy (non-hydrogen) atoms. The van der Waals surface area contributed by atoms with E-state index in [1.165, 1.54) is 0 Å². The van der Waals surface area contributed by atoms with Crippen molar-refractivity contribution in [2.45, 2.75) is 27.3 Å². The highest BCUT2D eigenvalue weighted by Crippen LogP contribution is 2.13. The van der Waals surface area contributed by atoms with E-state index in [1.807, 2.05) is 31.2 Å². The van der Waals surface area contributed by atoms with E-state index in [0.717, 1.165) is 17.9 Å². The molecule has 0 unspecified atom stereocenters. The van der Waals surface area contributed by atoms with Gasteiger partial charge in [-0.3, -0.25) is 4.79 Å². The summed E-state index contributed by atoms with van der Waals surface area (Å²) in [5.41, 5.74) is 1.09. The Kier molecular flexibility index (Phi) is 8.68. The lowest BCUT2D eigenvalue weighted by molar-refractivity contribution is -0.127. The van der Waals surface area contributed by atoms with Gasteiger partial charge in [0.2, 0.25) is 5.91 Å². The Morgan fingerprint density at radius 2 is 1.88 bits per heavy atom. The fourth-order valence-corrected chi connectivity index (χ4v) is 1.78.